The predicted molar refractivity (Wildman–Crippen MR) is 131 cm³/mol. The molecule has 0 aromatic heterocycles. The lowest BCUT2D eigenvalue weighted by molar-refractivity contribution is 0.115. The van der Waals surface area contributed by atoms with Crippen molar-refractivity contribution in [3.8, 4) is 0 Å². The highest BCUT2D eigenvalue weighted by atomic mass is 32.2. The molecule has 31 heavy (non-hydrogen) atoms. The lowest BCUT2D eigenvalue weighted by atomic mass is 10.1. The number of unbranched alkanes of at least 4 members (excludes halogenated alkanes) is 8. The van der Waals surface area contributed by atoms with E-state index in [0.29, 0.717) is 6.61 Å². The van der Waals surface area contributed by atoms with Crippen LogP contribution >= 0.6 is 0 Å². The molecule has 1 aromatic carbocycles. The third-order valence-corrected chi connectivity index (χ3v) is 5.91. The van der Waals surface area contributed by atoms with Crippen molar-refractivity contribution in [1.82, 2.24) is 0 Å². The zero-order valence-corrected chi connectivity index (χ0v) is 20.6. The lowest BCUT2D eigenvalue weighted by Crippen LogP contribution is -2.17. The number of benzene rings is 1. The highest BCUT2D eigenvalue weighted by Crippen LogP contribution is 2.16. The number of allylic oxidation sites excluding steroid dienone is 2. The van der Waals surface area contributed by atoms with Crippen molar-refractivity contribution in [2.24, 2.45) is 0 Å². The van der Waals surface area contributed by atoms with Crippen LogP contribution in [0.25, 0.3) is 0 Å². The van der Waals surface area contributed by atoms with Crippen LogP contribution in [0.5, 0.6) is 0 Å². The minimum atomic E-state index is -3.42. The fourth-order valence-corrected chi connectivity index (χ4v) is 4.25. The van der Waals surface area contributed by atoms with E-state index in [-0.39, 0.29) is 6.10 Å². The number of hydrogen-bond donors (Lipinski definition) is 0. The SMILES string of the molecule is CCCCCCCC/C=C/CC[C@@H](CCCCCOCc1ccccc1)OS(C)(=O)=O. The molecule has 0 fully saturated rings. The second-order valence-corrected chi connectivity index (χ2v) is 10.0. The average Bonchev–Trinajstić information content (AvgIpc) is 2.74. The zero-order chi connectivity index (χ0) is 22.6. The van der Waals surface area contributed by atoms with Crippen LogP contribution in [-0.4, -0.2) is 27.4 Å². The molecule has 0 aliphatic carbocycles. The van der Waals surface area contributed by atoms with Crippen molar-refractivity contribution in [2.45, 2.75) is 103 Å². The minimum Gasteiger partial charge on any atom is -0.377 e. The fourth-order valence-electron chi connectivity index (χ4n) is 3.57. The van der Waals surface area contributed by atoms with Crippen molar-refractivity contribution in [2.75, 3.05) is 12.9 Å². The summed E-state index contributed by atoms with van der Waals surface area (Å²) in [5.74, 6) is 0. The summed E-state index contributed by atoms with van der Waals surface area (Å²) in [6.45, 7) is 3.62. The first-order valence-electron chi connectivity index (χ1n) is 12.2. The summed E-state index contributed by atoms with van der Waals surface area (Å²) in [5, 5.41) is 0. The molecule has 0 aliphatic heterocycles. The molecule has 0 N–H and O–H groups in total. The molecule has 0 bridgehead atoms. The Labute approximate surface area is 191 Å². The van der Waals surface area contributed by atoms with Gasteiger partial charge in [0, 0.05) is 6.61 Å². The standard InChI is InChI=1S/C26H44O4S/c1-3-4-5-6-7-8-9-10-11-16-21-26(30-31(2,27)28)22-17-13-18-23-29-24-25-19-14-12-15-20-25/h10-12,14-15,19-20,26H,3-9,13,16-18,21-24H2,1-2H3/b11-10+/t26-/m0/s1. The largest absolute Gasteiger partial charge is 0.377 e. The lowest BCUT2D eigenvalue weighted by Gasteiger charge is -2.15. The first-order chi connectivity index (χ1) is 15.0. The second-order valence-electron chi connectivity index (χ2n) is 8.42. The number of rotatable bonds is 20. The molecule has 0 spiro atoms. The van der Waals surface area contributed by atoms with Crippen LogP contribution in [0, 0.1) is 0 Å². The maximum absolute atomic E-state index is 11.6. The smallest absolute Gasteiger partial charge is 0.264 e. The summed E-state index contributed by atoms with van der Waals surface area (Å²) in [5.41, 5.74) is 1.19. The summed E-state index contributed by atoms with van der Waals surface area (Å²) in [7, 11) is -3.42. The summed E-state index contributed by atoms with van der Waals surface area (Å²) < 4.78 is 34.2. The maximum Gasteiger partial charge on any atom is 0.264 e. The van der Waals surface area contributed by atoms with Crippen LogP contribution in [0.2, 0.25) is 0 Å². The monoisotopic (exact) mass is 452 g/mol. The van der Waals surface area contributed by atoms with Crippen LogP contribution in [-0.2, 0) is 25.6 Å². The van der Waals surface area contributed by atoms with Crippen molar-refractivity contribution in [3.05, 3.63) is 48.0 Å². The Morgan fingerprint density at radius 3 is 2.26 bits per heavy atom. The highest BCUT2D eigenvalue weighted by Gasteiger charge is 2.14. The molecule has 4 nitrogen and oxygen atoms in total. The molecule has 1 aromatic rings. The third-order valence-electron chi connectivity index (χ3n) is 5.28. The van der Waals surface area contributed by atoms with E-state index in [1.54, 1.807) is 0 Å². The van der Waals surface area contributed by atoms with E-state index in [0.717, 1.165) is 57.8 Å². The van der Waals surface area contributed by atoms with Gasteiger partial charge < -0.3 is 4.74 Å². The van der Waals surface area contributed by atoms with Crippen LogP contribution < -0.4 is 0 Å². The van der Waals surface area contributed by atoms with Gasteiger partial charge in [0.2, 0.25) is 0 Å². The molecule has 178 valence electrons. The summed E-state index contributed by atoms with van der Waals surface area (Å²) in [6.07, 6.45) is 19.7. The maximum atomic E-state index is 11.6. The molecule has 0 unspecified atom stereocenters. The zero-order valence-electron chi connectivity index (χ0n) is 19.8. The van der Waals surface area contributed by atoms with E-state index in [2.05, 4.69) is 31.2 Å². The van der Waals surface area contributed by atoms with Gasteiger partial charge in [-0.05, 0) is 44.1 Å². The van der Waals surface area contributed by atoms with Gasteiger partial charge in [0.15, 0.2) is 0 Å². The Hall–Kier alpha value is -1.17. The van der Waals surface area contributed by atoms with E-state index < -0.39 is 10.1 Å². The number of hydrogen-bond acceptors (Lipinski definition) is 4. The van der Waals surface area contributed by atoms with Crippen molar-refractivity contribution in [1.29, 1.82) is 0 Å². The van der Waals surface area contributed by atoms with E-state index >= 15 is 0 Å². The third kappa shape index (κ3) is 18.1. The Morgan fingerprint density at radius 2 is 1.52 bits per heavy atom. The van der Waals surface area contributed by atoms with Gasteiger partial charge in [0.25, 0.3) is 10.1 Å². The fraction of sp³-hybridized carbons (Fsp3) is 0.692. The van der Waals surface area contributed by atoms with Crippen LogP contribution in [0.1, 0.15) is 96.0 Å². The Morgan fingerprint density at radius 1 is 0.839 bits per heavy atom. The highest BCUT2D eigenvalue weighted by molar-refractivity contribution is 7.86. The molecular formula is C26H44O4S. The molecule has 1 atom stereocenters. The summed E-state index contributed by atoms with van der Waals surface area (Å²) in [4.78, 5) is 0. The summed E-state index contributed by atoms with van der Waals surface area (Å²) >= 11 is 0. The van der Waals surface area contributed by atoms with Crippen molar-refractivity contribution in [3.63, 3.8) is 0 Å². The second kappa shape index (κ2) is 18.4. The molecule has 0 heterocycles. The Kier molecular flexibility index (Phi) is 16.5. The van der Waals surface area contributed by atoms with Crippen molar-refractivity contribution >= 4 is 10.1 Å². The van der Waals surface area contributed by atoms with Gasteiger partial charge in [-0.15, -0.1) is 0 Å². The van der Waals surface area contributed by atoms with E-state index in [1.807, 2.05) is 18.2 Å². The van der Waals surface area contributed by atoms with Gasteiger partial charge in [-0.25, -0.2) is 0 Å². The Balaban J connectivity index is 2.12. The van der Waals surface area contributed by atoms with E-state index in [1.165, 1.54) is 44.1 Å². The molecule has 1 rings (SSSR count). The number of ether oxygens (including phenoxy) is 1. The van der Waals surface area contributed by atoms with Gasteiger partial charge in [-0.3, -0.25) is 4.18 Å². The molecular weight excluding hydrogens is 408 g/mol. The molecule has 0 amide bonds. The van der Waals surface area contributed by atoms with E-state index in [4.69, 9.17) is 8.92 Å². The van der Waals surface area contributed by atoms with Crippen LogP contribution in [0.4, 0.5) is 0 Å². The van der Waals surface area contributed by atoms with Gasteiger partial charge in [-0.1, -0.05) is 94.4 Å². The Bertz CT molecular complexity index is 655. The van der Waals surface area contributed by atoms with Gasteiger partial charge in [0.05, 0.1) is 19.0 Å². The molecule has 5 heteroatoms. The topological polar surface area (TPSA) is 52.6 Å². The van der Waals surface area contributed by atoms with Gasteiger partial charge in [0.1, 0.15) is 0 Å². The predicted octanol–water partition coefficient (Wildman–Crippen LogP) is 7.20. The van der Waals surface area contributed by atoms with Gasteiger partial charge >= 0.3 is 0 Å². The average molecular weight is 453 g/mol. The van der Waals surface area contributed by atoms with Crippen LogP contribution in [0.15, 0.2) is 42.5 Å². The summed E-state index contributed by atoms with van der Waals surface area (Å²) in [6, 6.07) is 10.2. The van der Waals surface area contributed by atoms with E-state index in [9.17, 15) is 8.42 Å². The minimum absolute atomic E-state index is 0.223. The molecule has 0 saturated heterocycles. The van der Waals surface area contributed by atoms with Crippen LogP contribution in [0.3, 0.4) is 0 Å². The van der Waals surface area contributed by atoms with Gasteiger partial charge in [-0.2, -0.15) is 8.42 Å². The normalized spacial score (nSPS) is 13.1. The van der Waals surface area contributed by atoms with Crippen molar-refractivity contribution < 1.29 is 17.3 Å². The first-order valence-corrected chi connectivity index (χ1v) is 14.0. The molecule has 0 saturated carbocycles. The first kappa shape index (κ1) is 27.9. The molecule has 0 radical (unpaired) electrons. The quantitative estimate of drug-likeness (QED) is 0.119. The molecule has 0 aliphatic rings.